The lowest BCUT2D eigenvalue weighted by Gasteiger charge is -2.26. The predicted octanol–water partition coefficient (Wildman–Crippen LogP) is 2.33. The third kappa shape index (κ3) is 2.94. The second-order valence-electron chi connectivity index (χ2n) is 4.76. The number of oxazole rings is 1. The molecule has 1 heterocycles. The first-order chi connectivity index (χ1) is 8.68. The van der Waals surface area contributed by atoms with Crippen LogP contribution < -0.4 is 0 Å². The summed E-state index contributed by atoms with van der Waals surface area (Å²) < 4.78 is 4.78. The lowest BCUT2D eigenvalue weighted by Crippen LogP contribution is -2.32. The molecule has 6 heteroatoms. The molecule has 0 bridgehead atoms. The van der Waals surface area contributed by atoms with Crippen molar-refractivity contribution in [3.05, 3.63) is 28.5 Å². The van der Waals surface area contributed by atoms with Crippen LogP contribution in [0.2, 0.25) is 0 Å². The molecule has 0 spiro atoms. The lowest BCUT2D eigenvalue weighted by atomic mass is 9.77. The van der Waals surface area contributed by atoms with Gasteiger partial charge in [0.05, 0.1) is 5.92 Å². The summed E-state index contributed by atoms with van der Waals surface area (Å²) in [6.07, 6.45) is 7.47. The normalized spacial score (nSPS) is 18.4. The Kier molecular flexibility index (Phi) is 4.07. The third-order valence-corrected chi connectivity index (χ3v) is 3.59. The highest BCUT2D eigenvalue weighted by Crippen LogP contribution is 2.31. The molecule has 1 aliphatic carbocycles. The molecule has 0 aromatic carbocycles. The van der Waals surface area contributed by atoms with Crippen molar-refractivity contribution < 1.29 is 14.1 Å². The Bertz CT molecular complexity index is 410. The Balaban J connectivity index is 2.13. The molecular formula is C12H16N2O4. The van der Waals surface area contributed by atoms with Crippen LogP contribution in [0.3, 0.4) is 0 Å². The van der Waals surface area contributed by atoms with E-state index < -0.39 is 10.8 Å². The smallest absolute Gasteiger partial charge is 0.214 e. The van der Waals surface area contributed by atoms with E-state index in [1.807, 2.05) is 0 Å². The van der Waals surface area contributed by atoms with Crippen LogP contribution in [0.5, 0.6) is 0 Å². The quantitative estimate of drug-likeness (QED) is 0.456. The molecule has 1 aromatic rings. The number of carbonyl (C=O) groups is 1. The summed E-state index contributed by atoms with van der Waals surface area (Å²) in [5.41, 5.74) is 0.201. The Labute approximate surface area is 105 Å². The maximum atomic E-state index is 12.2. The van der Waals surface area contributed by atoms with Gasteiger partial charge in [0.25, 0.3) is 0 Å². The summed E-state index contributed by atoms with van der Waals surface area (Å²) in [5.74, 6) is -0.717. The van der Waals surface area contributed by atoms with Gasteiger partial charge in [-0.25, -0.2) is 4.98 Å². The van der Waals surface area contributed by atoms with E-state index in [2.05, 4.69) is 4.98 Å². The van der Waals surface area contributed by atoms with Gasteiger partial charge >= 0.3 is 0 Å². The van der Waals surface area contributed by atoms with E-state index >= 15 is 0 Å². The first-order valence-electron chi connectivity index (χ1n) is 6.22. The maximum Gasteiger partial charge on any atom is 0.214 e. The first-order valence-corrected chi connectivity index (χ1v) is 6.22. The van der Waals surface area contributed by atoms with Crippen molar-refractivity contribution in [2.24, 2.45) is 11.8 Å². The molecule has 0 amide bonds. The van der Waals surface area contributed by atoms with Crippen LogP contribution in [0.25, 0.3) is 0 Å². The minimum absolute atomic E-state index is 0.105. The largest absolute Gasteiger partial charge is 0.451 e. The second kappa shape index (κ2) is 5.75. The molecule has 6 nitrogen and oxygen atoms in total. The molecule has 1 aromatic heterocycles. The monoisotopic (exact) mass is 252 g/mol. The van der Waals surface area contributed by atoms with Crippen LogP contribution in [0.1, 0.15) is 42.6 Å². The maximum absolute atomic E-state index is 12.2. The molecule has 0 unspecified atom stereocenters. The zero-order valence-electron chi connectivity index (χ0n) is 10.1. The van der Waals surface area contributed by atoms with Gasteiger partial charge in [-0.1, -0.05) is 19.3 Å². The van der Waals surface area contributed by atoms with Gasteiger partial charge in [0.2, 0.25) is 6.54 Å². The fourth-order valence-corrected chi connectivity index (χ4v) is 2.67. The van der Waals surface area contributed by atoms with E-state index in [9.17, 15) is 14.9 Å². The highest BCUT2D eigenvalue weighted by atomic mass is 16.6. The zero-order chi connectivity index (χ0) is 13.0. The van der Waals surface area contributed by atoms with Gasteiger partial charge in [0.1, 0.15) is 12.0 Å². The van der Waals surface area contributed by atoms with Crippen LogP contribution >= 0.6 is 0 Å². The van der Waals surface area contributed by atoms with Crippen molar-refractivity contribution in [1.82, 2.24) is 4.98 Å². The van der Waals surface area contributed by atoms with Gasteiger partial charge in [-0.05, 0) is 18.8 Å². The average molecular weight is 252 g/mol. The molecular weight excluding hydrogens is 236 g/mol. The number of hydrogen-bond acceptors (Lipinski definition) is 5. The van der Waals surface area contributed by atoms with Gasteiger partial charge in [-0.2, -0.15) is 0 Å². The van der Waals surface area contributed by atoms with Crippen LogP contribution in [0, 0.1) is 22.0 Å². The average Bonchev–Trinajstić information content (AvgIpc) is 2.90. The Morgan fingerprint density at radius 3 is 2.78 bits per heavy atom. The molecule has 0 aliphatic heterocycles. The predicted molar refractivity (Wildman–Crippen MR) is 62.8 cm³/mol. The molecule has 1 aliphatic rings. The molecule has 1 saturated carbocycles. The third-order valence-electron chi connectivity index (χ3n) is 3.59. The van der Waals surface area contributed by atoms with Gasteiger partial charge in [-0.15, -0.1) is 0 Å². The van der Waals surface area contributed by atoms with Gasteiger partial charge < -0.3 is 4.42 Å². The summed E-state index contributed by atoms with van der Waals surface area (Å²) in [6.45, 7) is -0.309. The van der Waals surface area contributed by atoms with E-state index in [-0.39, 0.29) is 23.9 Å². The number of nitro groups is 1. The summed E-state index contributed by atoms with van der Waals surface area (Å²) in [4.78, 5) is 26.3. The van der Waals surface area contributed by atoms with Gasteiger partial charge in [0, 0.05) is 4.92 Å². The highest BCUT2D eigenvalue weighted by Gasteiger charge is 2.35. The highest BCUT2D eigenvalue weighted by molar-refractivity contribution is 5.96. The minimum atomic E-state index is -0.564. The zero-order valence-corrected chi connectivity index (χ0v) is 10.1. The number of Topliss-reactive ketones (excluding diaryl/α,β-unsaturated/α-hetero) is 1. The lowest BCUT2D eigenvalue weighted by molar-refractivity contribution is -0.487. The van der Waals surface area contributed by atoms with Crippen molar-refractivity contribution in [3.63, 3.8) is 0 Å². The van der Waals surface area contributed by atoms with Crippen molar-refractivity contribution in [2.45, 2.75) is 32.1 Å². The Hall–Kier alpha value is -1.72. The SMILES string of the molecule is O=C(c1cocn1)[C@H](C[N+](=O)[O-])C1CCCCC1. The molecule has 0 radical (unpaired) electrons. The molecule has 18 heavy (non-hydrogen) atoms. The number of nitrogens with zero attached hydrogens (tertiary/aromatic N) is 2. The van der Waals surface area contributed by atoms with E-state index in [1.54, 1.807) is 0 Å². The summed E-state index contributed by atoms with van der Waals surface area (Å²) in [6, 6.07) is 0. The fourth-order valence-electron chi connectivity index (χ4n) is 2.67. The van der Waals surface area contributed by atoms with Crippen LogP contribution in [-0.2, 0) is 0 Å². The molecule has 2 rings (SSSR count). The Morgan fingerprint density at radius 1 is 1.50 bits per heavy atom. The number of rotatable bonds is 5. The summed E-state index contributed by atoms with van der Waals surface area (Å²) in [7, 11) is 0. The van der Waals surface area contributed by atoms with Crippen molar-refractivity contribution >= 4 is 5.78 Å². The standard InChI is InChI=1S/C12H16N2O4/c15-12(11-7-18-8-13-11)10(6-14(16)17)9-4-2-1-3-5-9/h7-10H,1-6H2/t10-/m1/s1. The van der Waals surface area contributed by atoms with Gasteiger partial charge in [-0.3, -0.25) is 14.9 Å². The summed E-state index contributed by atoms with van der Waals surface area (Å²) in [5, 5.41) is 10.7. The van der Waals surface area contributed by atoms with Crippen molar-refractivity contribution in [2.75, 3.05) is 6.54 Å². The second-order valence-corrected chi connectivity index (χ2v) is 4.76. The Morgan fingerprint density at radius 2 is 2.22 bits per heavy atom. The number of hydrogen-bond donors (Lipinski definition) is 0. The van der Waals surface area contributed by atoms with Crippen LogP contribution in [0.15, 0.2) is 17.1 Å². The van der Waals surface area contributed by atoms with E-state index in [0.717, 1.165) is 32.1 Å². The minimum Gasteiger partial charge on any atom is -0.451 e. The first kappa shape index (κ1) is 12.7. The number of carbonyl (C=O) groups excluding carboxylic acids is 1. The van der Waals surface area contributed by atoms with Crippen LogP contribution in [0.4, 0.5) is 0 Å². The van der Waals surface area contributed by atoms with E-state index in [1.165, 1.54) is 12.7 Å². The van der Waals surface area contributed by atoms with Crippen LogP contribution in [-0.4, -0.2) is 22.2 Å². The van der Waals surface area contributed by atoms with Crippen molar-refractivity contribution in [3.8, 4) is 0 Å². The molecule has 1 atom stereocenters. The molecule has 0 saturated heterocycles. The molecule has 1 fully saturated rings. The number of aromatic nitrogens is 1. The summed E-state index contributed by atoms with van der Waals surface area (Å²) >= 11 is 0. The topological polar surface area (TPSA) is 86.2 Å². The number of ketones is 1. The fraction of sp³-hybridized carbons (Fsp3) is 0.667. The van der Waals surface area contributed by atoms with E-state index in [0.29, 0.717) is 0 Å². The van der Waals surface area contributed by atoms with Crippen molar-refractivity contribution in [1.29, 1.82) is 0 Å². The molecule has 0 N–H and O–H groups in total. The molecule has 98 valence electrons. The van der Waals surface area contributed by atoms with Gasteiger partial charge in [0.15, 0.2) is 12.2 Å². The van der Waals surface area contributed by atoms with E-state index in [4.69, 9.17) is 4.42 Å².